The molecule has 0 spiro atoms. The van der Waals surface area contributed by atoms with Crippen molar-refractivity contribution < 1.29 is 14.1 Å². The average molecular weight is 394 g/mol. The Morgan fingerprint density at radius 2 is 2.14 bits per heavy atom. The molecule has 0 aliphatic heterocycles. The van der Waals surface area contributed by atoms with Crippen molar-refractivity contribution in [3.8, 4) is 5.75 Å². The maximum atomic E-state index is 13.2. The van der Waals surface area contributed by atoms with Crippen LogP contribution in [0.2, 0.25) is 0 Å². The Morgan fingerprint density at radius 3 is 2.86 bits per heavy atom. The standard InChI is InChI=1S/C20H18N4O3S/c1-3-26-16-8-6-9-17-18(16)22-20(28-17)24(12-14-7-4-5-10-21-14)19(25)15-11-13(2)27-23-15/h4-11H,3,12H2,1-2H3. The number of aryl methyl sites for hydroxylation is 1. The first kappa shape index (κ1) is 18.1. The summed E-state index contributed by atoms with van der Waals surface area (Å²) in [6.45, 7) is 4.49. The number of amides is 1. The van der Waals surface area contributed by atoms with Gasteiger partial charge in [0.2, 0.25) is 0 Å². The number of ether oxygens (including phenoxy) is 1. The fraction of sp³-hybridized carbons (Fsp3) is 0.200. The van der Waals surface area contributed by atoms with Gasteiger partial charge in [-0.3, -0.25) is 14.7 Å². The van der Waals surface area contributed by atoms with E-state index < -0.39 is 0 Å². The number of hydrogen-bond acceptors (Lipinski definition) is 7. The van der Waals surface area contributed by atoms with E-state index in [-0.39, 0.29) is 18.1 Å². The zero-order valence-electron chi connectivity index (χ0n) is 15.5. The molecule has 1 aromatic carbocycles. The van der Waals surface area contributed by atoms with E-state index in [1.807, 2.05) is 43.3 Å². The number of carbonyl (C=O) groups is 1. The van der Waals surface area contributed by atoms with E-state index in [9.17, 15) is 4.79 Å². The van der Waals surface area contributed by atoms with Gasteiger partial charge in [-0.25, -0.2) is 4.98 Å². The molecule has 4 aromatic rings. The maximum Gasteiger partial charge on any atom is 0.282 e. The highest BCUT2D eigenvalue weighted by Gasteiger charge is 2.25. The quantitative estimate of drug-likeness (QED) is 0.487. The van der Waals surface area contributed by atoms with E-state index in [4.69, 9.17) is 14.2 Å². The fourth-order valence-electron chi connectivity index (χ4n) is 2.78. The van der Waals surface area contributed by atoms with Crippen LogP contribution < -0.4 is 9.64 Å². The number of aromatic nitrogens is 3. The third kappa shape index (κ3) is 3.59. The minimum Gasteiger partial charge on any atom is -0.492 e. The van der Waals surface area contributed by atoms with Crippen molar-refractivity contribution in [1.82, 2.24) is 15.1 Å². The Labute approximate surface area is 165 Å². The number of nitrogens with zero attached hydrogens (tertiary/aromatic N) is 4. The van der Waals surface area contributed by atoms with Crippen molar-refractivity contribution in [3.63, 3.8) is 0 Å². The molecule has 0 atom stereocenters. The van der Waals surface area contributed by atoms with E-state index in [2.05, 4.69) is 10.1 Å². The summed E-state index contributed by atoms with van der Waals surface area (Å²) in [5.74, 6) is 0.980. The van der Waals surface area contributed by atoms with Crippen LogP contribution in [0.4, 0.5) is 5.13 Å². The Balaban J connectivity index is 1.77. The van der Waals surface area contributed by atoms with Crippen molar-refractivity contribution in [2.75, 3.05) is 11.5 Å². The first-order valence-electron chi connectivity index (χ1n) is 8.83. The van der Waals surface area contributed by atoms with Gasteiger partial charge in [0.05, 0.1) is 23.5 Å². The lowest BCUT2D eigenvalue weighted by Crippen LogP contribution is -2.31. The number of benzene rings is 1. The molecule has 3 aromatic heterocycles. The third-order valence-electron chi connectivity index (χ3n) is 4.04. The van der Waals surface area contributed by atoms with Gasteiger partial charge in [0.15, 0.2) is 10.8 Å². The molecule has 4 rings (SSSR count). The molecular weight excluding hydrogens is 376 g/mol. The van der Waals surface area contributed by atoms with E-state index in [1.54, 1.807) is 24.1 Å². The zero-order chi connectivity index (χ0) is 19.5. The summed E-state index contributed by atoms with van der Waals surface area (Å²) in [6.07, 6.45) is 1.70. The Kier molecular flexibility index (Phi) is 5.03. The number of hydrogen-bond donors (Lipinski definition) is 0. The smallest absolute Gasteiger partial charge is 0.282 e. The Morgan fingerprint density at radius 1 is 1.25 bits per heavy atom. The fourth-order valence-corrected chi connectivity index (χ4v) is 3.77. The van der Waals surface area contributed by atoms with Crippen molar-refractivity contribution in [2.24, 2.45) is 0 Å². The van der Waals surface area contributed by atoms with Crippen LogP contribution in [0.25, 0.3) is 10.2 Å². The van der Waals surface area contributed by atoms with Crippen LogP contribution in [0.1, 0.15) is 28.9 Å². The SMILES string of the molecule is CCOc1cccc2sc(N(Cc3ccccn3)C(=O)c3cc(C)on3)nc12. The number of pyridine rings is 1. The van der Waals surface area contributed by atoms with Gasteiger partial charge in [-0.15, -0.1) is 0 Å². The molecule has 8 heteroatoms. The van der Waals surface area contributed by atoms with E-state index in [0.717, 1.165) is 15.9 Å². The van der Waals surface area contributed by atoms with Crippen LogP contribution in [0.5, 0.6) is 5.75 Å². The molecule has 28 heavy (non-hydrogen) atoms. The summed E-state index contributed by atoms with van der Waals surface area (Å²) in [7, 11) is 0. The molecule has 0 unspecified atom stereocenters. The highest BCUT2D eigenvalue weighted by Crippen LogP contribution is 2.35. The Hall–Kier alpha value is -3.26. The monoisotopic (exact) mass is 394 g/mol. The van der Waals surface area contributed by atoms with Crippen LogP contribution in [-0.4, -0.2) is 27.6 Å². The first-order valence-corrected chi connectivity index (χ1v) is 9.65. The topological polar surface area (TPSA) is 81.4 Å². The molecule has 0 aliphatic rings. The minimum absolute atomic E-state index is 0.234. The third-order valence-corrected chi connectivity index (χ3v) is 5.08. The van der Waals surface area contributed by atoms with E-state index in [1.165, 1.54) is 11.3 Å². The molecule has 0 bridgehead atoms. The molecule has 7 nitrogen and oxygen atoms in total. The highest BCUT2D eigenvalue weighted by atomic mass is 32.1. The van der Waals surface area contributed by atoms with Gasteiger partial charge < -0.3 is 9.26 Å². The number of rotatable bonds is 6. The molecule has 0 radical (unpaired) electrons. The summed E-state index contributed by atoms with van der Waals surface area (Å²) < 4.78 is 11.7. The van der Waals surface area contributed by atoms with Gasteiger partial charge in [0, 0.05) is 12.3 Å². The number of thiazole rings is 1. The average Bonchev–Trinajstić information content (AvgIpc) is 3.33. The predicted octanol–water partition coefficient (Wildman–Crippen LogP) is 4.23. The number of anilines is 1. The molecule has 0 fully saturated rings. The molecule has 0 saturated carbocycles. The van der Waals surface area contributed by atoms with Crippen LogP contribution in [-0.2, 0) is 6.54 Å². The largest absolute Gasteiger partial charge is 0.492 e. The maximum absolute atomic E-state index is 13.2. The van der Waals surface area contributed by atoms with E-state index >= 15 is 0 Å². The zero-order valence-corrected chi connectivity index (χ0v) is 16.3. The van der Waals surface area contributed by atoms with Gasteiger partial charge in [-0.1, -0.05) is 28.6 Å². The first-order chi connectivity index (χ1) is 13.7. The minimum atomic E-state index is -0.292. The predicted molar refractivity (Wildman–Crippen MR) is 107 cm³/mol. The second kappa shape index (κ2) is 7.77. The molecule has 0 N–H and O–H groups in total. The number of para-hydroxylation sites is 1. The van der Waals surface area contributed by atoms with Gasteiger partial charge in [0.1, 0.15) is 17.0 Å². The Bertz CT molecular complexity index is 1110. The molecular formula is C20H18N4O3S. The lowest BCUT2D eigenvalue weighted by Gasteiger charge is -2.18. The number of carbonyl (C=O) groups excluding carboxylic acids is 1. The van der Waals surface area contributed by atoms with Gasteiger partial charge in [-0.2, -0.15) is 0 Å². The molecule has 3 heterocycles. The van der Waals surface area contributed by atoms with Crippen molar-refractivity contribution in [2.45, 2.75) is 20.4 Å². The molecule has 0 aliphatic carbocycles. The summed E-state index contributed by atoms with van der Waals surface area (Å²) in [5.41, 5.74) is 1.72. The van der Waals surface area contributed by atoms with Crippen LogP contribution in [0, 0.1) is 6.92 Å². The normalized spacial score (nSPS) is 10.9. The van der Waals surface area contributed by atoms with Crippen LogP contribution in [0.15, 0.2) is 53.2 Å². The van der Waals surface area contributed by atoms with Gasteiger partial charge >= 0.3 is 0 Å². The van der Waals surface area contributed by atoms with Gasteiger partial charge in [-0.05, 0) is 38.1 Å². The van der Waals surface area contributed by atoms with E-state index in [0.29, 0.717) is 23.2 Å². The van der Waals surface area contributed by atoms with Crippen molar-refractivity contribution >= 4 is 32.6 Å². The summed E-state index contributed by atoms with van der Waals surface area (Å²) in [4.78, 5) is 23.8. The molecule has 142 valence electrons. The molecule has 0 saturated heterocycles. The van der Waals surface area contributed by atoms with Gasteiger partial charge in [0.25, 0.3) is 5.91 Å². The van der Waals surface area contributed by atoms with Crippen molar-refractivity contribution in [1.29, 1.82) is 0 Å². The lowest BCUT2D eigenvalue weighted by molar-refractivity contribution is 0.0976. The van der Waals surface area contributed by atoms with Crippen LogP contribution in [0.3, 0.4) is 0 Å². The second-order valence-electron chi connectivity index (χ2n) is 6.07. The molecule has 1 amide bonds. The summed E-state index contributed by atoms with van der Waals surface area (Å²) in [6, 6.07) is 13.0. The number of fused-ring (bicyclic) bond motifs is 1. The summed E-state index contributed by atoms with van der Waals surface area (Å²) >= 11 is 1.42. The highest BCUT2D eigenvalue weighted by molar-refractivity contribution is 7.22. The van der Waals surface area contributed by atoms with Crippen LogP contribution >= 0.6 is 11.3 Å². The van der Waals surface area contributed by atoms with Crippen molar-refractivity contribution in [3.05, 3.63) is 65.8 Å². The summed E-state index contributed by atoms with van der Waals surface area (Å²) in [5, 5.41) is 4.42. The lowest BCUT2D eigenvalue weighted by atomic mass is 10.3. The second-order valence-corrected chi connectivity index (χ2v) is 7.08.